The van der Waals surface area contributed by atoms with E-state index in [0.29, 0.717) is 10.1 Å². The summed E-state index contributed by atoms with van der Waals surface area (Å²) in [4.78, 5) is 15.3. The van der Waals surface area contributed by atoms with E-state index in [-0.39, 0.29) is 23.9 Å². The average molecular weight is 512 g/mol. The standard InChI is InChI=1S/C18H18ClF3N3O7P/c19-10-7-9(1-2-11(10)20)12-4-6-29-33(28,32-12)30-8-13-15(26)18(21,22)16(31-13)25-5-3-14(23)24-17(25)27/h1-3,5,7,12-13,15-16,26H,4,6,8H2,(H2,23,24,27)/t12-,13-,15-,16-,33+/m1/s1. The van der Waals surface area contributed by atoms with Crippen LogP contribution in [-0.4, -0.2) is 46.0 Å². The Morgan fingerprint density at radius 1 is 1.39 bits per heavy atom. The molecule has 4 rings (SSSR count). The lowest BCUT2D eigenvalue weighted by Crippen LogP contribution is -2.42. The van der Waals surface area contributed by atoms with E-state index in [4.69, 9.17) is 35.6 Å². The Morgan fingerprint density at radius 2 is 2.15 bits per heavy atom. The van der Waals surface area contributed by atoms with E-state index in [1.54, 1.807) is 0 Å². The molecular formula is C18H18ClF3N3O7P. The molecule has 1 aromatic carbocycles. The number of alkyl halides is 2. The molecule has 0 saturated carbocycles. The maximum atomic E-state index is 14.6. The number of aromatic nitrogens is 2. The number of anilines is 1. The van der Waals surface area contributed by atoms with Crippen molar-refractivity contribution in [1.82, 2.24) is 9.55 Å². The van der Waals surface area contributed by atoms with Crippen LogP contribution < -0.4 is 11.4 Å². The van der Waals surface area contributed by atoms with Crippen LogP contribution in [-0.2, 0) is 22.9 Å². The van der Waals surface area contributed by atoms with Gasteiger partial charge in [-0.05, 0) is 23.8 Å². The summed E-state index contributed by atoms with van der Waals surface area (Å²) in [6.07, 6.45) is -5.93. The smallest absolute Gasteiger partial charge is 0.384 e. The summed E-state index contributed by atoms with van der Waals surface area (Å²) >= 11 is 5.77. The molecule has 3 N–H and O–H groups in total. The molecule has 2 aromatic rings. The second-order valence-corrected chi connectivity index (χ2v) is 9.35. The lowest BCUT2D eigenvalue weighted by Gasteiger charge is -2.29. The number of aliphatic hydroxyl groups excluding tert-OH is 1. The van der Waals surface area contributed by atoms with Gasteiger partial charge >= 0.3 is 19.4 Å². The van der Waals surface area contributed by atoms with Crippen molar-refractivity contribution in [1.29, 1.82) is 0 Å². The molecule has 33 heavy (non-hydrogen) atoms. The van der Waals surface area contributed by atoms with Crippen LogP contribution in [0.4, 0.5) is 19.0 Å². The number of nitrogens with zero attached hydrogens (tertiary/aromatic N) is 2. The molecule has 3 heterocycles. The van der Waals surface area contributed by atoms with Crippen molar-refractivity contribution in [3.8, 4) is 0 Å². The molecule has 15 heteroatoms. The van der Waals surface area contributed by atoms with Gasteiger partial charge in [-0.15, -0.1) is 0 Å². The van der Waals surface area contributed by atoms with Crippen LogP contribution in [0.3, 0.4) is 0 Å². The number of rotatable bonds is 5. The summed E-state index contributed by atoms with van der Waals surface area (Å²) in [6, 6.07) is 4.90. The minimum absolute atomic E-state index is 0.0731. The molecule has 0 bridgehead atoms. The van der Waals surface area contributed by atoms with Gasteiger partial charge in [-0.1, -0.05) is 17.7 Å². The number of benzene rings is 1. The van der Waals surface area contributed by atoms with Crippen molar-refractivity contribution in [3.05, 3.63) is 57.3 Å². The van der Waals surface area contributed by atoms with Gasteiger partial charge in [-0.2, -0.15) is 13.8 Å². The summed E-state index contributed by atoms with van der Waals surface area (Å²) in [5, 5.41) is 9.89. The van der Waals surface area contributed by atoms with E-state index in [1.807, 2.05) is 0 Å². The van der Waals surface area contributed by atoms with Crippen LogP contribution in [0, 0.1) is 5.82 Å². The van der Waals surface area contributed by atoms with Crippen LogP contribution in [0.15, 0.2) is 35.3 Å². The lowest BCUT2D eigenvalue weighted by atomic mass is 10.1. The second-order valence-electron chi connectivity index (χ2n) is 7.32. The van der Waals surface area contributed by atoms with E-state index in [1.165, 1.54) is 12.1 Å². The molecular weight excluding hydrogens is 494 g/mol. The quantitative estimate of drug-likeness (QED) is 0.581. The average Bonchev–Trinajstić information content (AvgIpc) is 2.98. The number of hydrogen-bond donors (Lipinski definition) is 2. The summed E-state index contributed by atoms with van der Waals surface area (Å²) in [6.45, 7) is -0.880. The SMILES string of the molecule is Nc1ccn([C@@H]2O[C@H](CO[P@]3(=O)OCC[C@H](c4ccc(F)c(Cl)c4)O3)[C@@H](O)C2(F)F)c(=O)n1. The second kappa shape index (κ2) is 8.99. The summed E-state index contributed by atoms with van der Waals surface area (Å²) in [5.41, 5.74) is 4.65. The number of aliphatic hydroxyl groups is 1. The number of nitrogen functional groups attached to an aromatic ring is 1. The van der Waals surface area contributed by atoms with Crippen LogP contribution >= 0.6 is 19.4 Å². The van der Waals surface area contributed by atoms with Gasteiger partial charge < -0.3 is 15.6 Å². The zero-order valence-electron chi connectivity index (χ0n) is 16.6. The van der Waals surface area contributed by atoms with Gasteiger partial charge in [0.25, 0.3) is 0 Å². The molecule has 1 aromatic heterocycles. The monoisotopic (exact) mass is 511 g/mol. The Bertz CT molecular complexity index is 1150. The number of nitrogens with two attached hydrogens (primary N) is 1. The van der Waals surface area contributed by atoms with Crippen molar-refractivity contribution in [2.24, 2.45) is 0 Å². The first-order valence-electron chi connectivity index (χ1n) is 9.58. The minimum atomic E-state index is -4.26. The Balaban J connectivity index is 1.46. The first-order valence-corrected chi connectivity index (χ1v) is 11.4. The highest BCUT2D eigenvalue weighted by Crippen LogP contribution is 2.57. The summed E-state index contributed by atoms with van der Waals surface area (Å²) in [5.74, 6) is -4.74. The summed E-state index contributed by atoms with van der Waals surface area (Å²) in [7, 11) is -4.26. The van der Waals surface area contributed by atoms with Crippen molar-refractivity contribution >= 4 is 25.2 Å². The van der Waals surface area contributed by atoms with Gasteiger partial charge in [0.1, 0.15) is 17.7 Å². The molecule has 0 aliphatic carbocycles. The third kappa shape index (κ3) is 4.80. The lowest BCUT2D eigenvalue weighted by molar-refractivity contribution is -0.140. The van der Waals surface area contributed by atoms with E-state index in [0.717, 1.165) is 18.3 Å². The normalized spacial score (nSPS) is 31.5. The molecule has 0 radical (unpaired) electrons. The molecule has 2 aliphatic heterocycles. The van der Waals surface area contributed by atoms with Gasteiger partial charge in [-0.3, -0.25) is 18.1 Å². The van der Waals surface area contributed by atoms with E-state index >= 15 is 0 Å². The number of phosphoric ester groups is 1. The van der Waals surface area contributed by atoms with E-state index < -0.39 is 56.4 Å². The van der Waals surface area contributed by atoms with Crippen molar-refractivity contribution in [2.45, 2.75) is 36.9 Å². The van der Waals surface area contributed by atoms with Crippen LogP contribution in [0.25, 0.3) is 0 Å². The first-order chi connectivity index (χ1) is 15.5. The number of hydrogen-bond acceptors (Lipinski definition) is 9. The summed E-state index contributed by atoms with van der Waals surface area (Å²) < 4.78 is 76.6. The molecule has 2 aliphatic rings. The Kier molecular flexibility index (Phi) is 6.58. The maximum Gasteiger partial charge on any atom is 0.475 e. The Morgan fingerprint density at radius 3 is 2.85 bits per heavy atom. The molecule has 10 nitrogen and oxygen atoms in total. The van der Waals surface area contributed by atoms with Crippen molar-refractivity contribution in [3.63, 3.8) is 0 Å². The first kappa shape index (κ1) is 24.1. The highest BCUT2D eigenvalue weighted by atomic mass is 35.5. The molecule has 180 valence electrons. The van der Waals surface area contributed by atoms with Crippen LogP contribution in [0.1, 0.15) is 24.3 Å². The predicted molar refractivity (Wildman–Crippen MR) is 107 cm³/mol. The van der Waals surface area contributed by atoms with Crippen molar-refractivity contribution in [2.75, 3.05) is 18.9 Å². The van der Waals surface area contributed by atoms with Crippen LogP contribution in [0.5, 0.6) is 0 Å². The minimum Gasteiger partial charge on any atom is -0.384 e. The zero-order valence-corrected chi connectivity index (χ0v) is 18.3. The fourth-order valence-electron chi connectivity index (χ4n) is 3.39. The number of phosphoric acid groups is 1. The third-order valence-electron chi connectivity index (χ3n) is 5.08. The van der Waals surface area contributed by atoms with E-state index in [9.17, 15) is 27.6 Å². The van der Waals surface area contributed by atoms with Crippen LogP contribution in [0.2, 0.25) is 5.02 Å². The number of ether oxygens (including phenoxy) is 1. The van der Waals surface area contributed by atoms with Gasteiger partial charge in [0, 0.05) is 12.6 Å². The Hall–Kier alpha value is -1.99. The van der Waals surface area contributed by atoms with Gasteiger partial charge in [-0.25, -0.2) is 13.8 Å². The predicted octanol–water partition coefficient (Wildman–Crippen LogP) is 2.81. The molecule has 2 fully saturated rings. The third-order valence-corrected chi connectivity index (χ3v) is 6.85. The molecule has 0 spiro atoms. The molecule has 0 unspecified atom stereocenters. The fraction of sp³-hybridized carbons (Fsp3) is 0.444. The highest BCUT2D eigenvalue weighted by Gasteiger charge is 2.60. The van der Waals surface area contributed by atoms with E-state index in [2.05, 4.69) is 4.98 Å². The largest absolute Gasteiger partial charge is 0.475 e. The van der Waals surface area contributed by atoms with Gasteiger partial charge in [0.05, 0.1) is 24.3 Å². The number of halogens is 4. The van der Waals surface area contributed by atoms with Gasteiger partial charge in [0.15, 0.2) is 6.10 Å². The van der Waals surface area contributed by atoms with Crippen molar-refractivity contribution < 1.29 is 41.2 Å². The molecule has 5 atom stereocenters. The molecule has 2 saturated heterocycles. The van der Waals surface area contributed by atoms with Gasteiger partial charge in [0.2, 0.25) is 6.23 Å². The maximum absolute atomic E-state index is 14.6. The zero-order chi connectivity index (χ0) is 24.0. The Labute approximate surface area is 189 Å². The highest BCUT2D eigenvalue weighted by molar-refractivity contribution is 7.48. The fourth-order valence-corrected chi connectivity index (χ4v) is 4.98. The topological polar surface area (TPSA) is 135 Å². The molecule has 0 amide bonds.